The third kappa shape index (κ3) is 4.31. The molecule has 8 nitrogen and oxygen atoms in total. The Morgan fingerprint density at radius 1 is 1.23 bits per heavy atom. The van der Waals surface area contributed by atoms with Crippen LogP contribution in [-0.4, -0.2) is 32.4 Å². The van der Waals surface area contributed by atoms with Gasteiger partial charge in [0.05, 0.1) is 23.6 Å². The predicted octanol–water partition coefficient (Wildman–Crippen LogP) is 3.18. The lowest BCUT2D eigenvalue weighted by molar-refractivity contribution is 0.0954. The molecule has 0 aliphatic carbocycles. The molecule has 0 fully saturated rings. The third-order valence-electron chi connectivity index (χ3n) is 4.09. The highest BCUT2D eigenvalue weighted by Gasteiger charge is 2.16. The number of aromatic nitrogens is 1. The van der Waals surface area contributed by atoms with E-state index in [4.69, 9.17) is 10.8 Å². The van der Waals surface area contributed by atoms with E-state index in [1.165, 1.54) is 12.3 Å². The molecule has 1 aromatic carbocycles. The summed E-state index contributed by atoms with van der Waals surface area (Å²) >= 11 is 0. The van der Waals surface area contributed by atoms with Crippen LogP contribution in [0.25, 0.3) is 17.5 Å². The number of hydrogen-bond donors (Lipinski definition) is 4. The van der Waals surface area contributed by atoms with Gasteiger partial charge in [0, 0.05) is 23.4 Å². The van der Waals surface area contributed by atoms with Crippen molar-refractivity contribution in [3.05, 3.63) is 65.1 Å². The molecule has 0 spiro atoms. The molecule has 1 amide bonds. The molecule has 0 unspecified atom stereocenters. The Kier molecular flexibility index (Phi) is 5.84. The second-order valence-corrected chi connectivity index (χ2v) is 6.13. The van der Waals surface area contributed by atoms with E-state index < -0.39 is 17.4 Å². The quantitative estimate of drug-likeness (QED) is 0.294. The molecule has 0 atom stereocenters. The zero-order valence-electron chi connectivity index (χ0n) is 15.8. The maximum absolute atomic E-state index is 12.8. The minimum absolute atomic E-state index is 0.0669. The molecule has 0 aliphatic heterocycles. The van der Waals surface area contributed by atoms with Gasteiger partial charge in [-0.15, -0.1) is 6.42 Å². The maximum Gasteiger partial charge on any atom is 0.272 e. The van der Waals surface area contributed by atoms with Crippen molar-refractivity contribution in [2.75, 3.05) is 0 Å². The van der Waals surface area contributed by atoms with E-state index in [2.05, 4.69) is 21.4 Å². The number of nitrogens with zero attached hydrogens (tertiary/aromatic N) is 2. The molecular formula is C22H17N3O5. The number of phenols is 3. The lowest BCUT2D eigenvalue weighted by atomic mass is 10.0. The van der Waals surface area contributed by atoms with Crippen molar-refractivity contribution in [3.63, 3.8) is 0 Å². The number of pyridine rings is 1. The molecule has 0 aliphatic rings. The summed E-state index contributed by atoms with van der Waals surface area (Å²) in [7, 11) is 0. The smallest absolute Gasteiger partial charge is 0.272 e. The van der Waals surface area contributed by atoms with Crippen LogP contribution in [0, 0.1) is 19.3 Å². The maximum atomic E-state index is 12.8. The molecule has 0 saturated carbocycles. The summed E-state index contributed by atoms with van der Waals surface area (Å²) in [6, 6.07) is 7.04. The number of aromatic hydroxyl groups is 3. The zero-order chi connectivity index (χ0) is 21.7. The fourth-order valence-corrected chi connectivity index (χ4v) is 2.72. The largest absolute Gasteiger partial charge is 0.508 e. The predicted molar refractivity (Wildman–Crippen MR) is 111 cm³/mol. The SMILES string of the molecule is C#C/C=C\c1c(C(=O)N/N=C/c2c(O)cc(O)cc2O)cc(-c2ccco2)nc1C. The number of allylic oxidation sites excluding steroid dienone is 1. The Labute approximate surface area is 171 Å². The van der Waals surface area contributed by atoms with Crippen molar-refractivity contribution < 1.29 is 24.5 Å². The van der Waals surface area contributed by atoms with Crippen LogP contribution in [0.2, 0.25) is 0 Å². The highest BCUT2D eigenvalue weighted by Crippen LogP contribution is 2.30. The van der Waals surface area contributed by atoms with Gasteiger partial charge in [-0.05, 0) is 37.3 Å². The van der Waals surface area contributed by atoms with E-state index in [0.717, 1.165) is 18.3 Å². The lowest BCUT2D eigenvalue weighted by Gasteiger charge is -2.10. The summed E-state index contributed by atoms with van der Waals surface area (Å²) in [6.07, 6.45) is 10.9. The second-order valence-electron chi connectivity index (χ2n) is 6.13. The van der Waals surface area contributed by atoms with Gasteiger partial charge in [0.15, 0.2) is 5.76 Å². The lowest BCUT2D eigenvalue weighted by Crippen LogP contribution is -2.20. The summed E-state index contributed by atoms with van der Waals surface area (Å²) < 4.78 is 5.36. The van der Waals surface area contributed by atoms with Gasteiger partial charge >= 0.3 is 0 Å². The number of carbonyl (C=O) groups is 1. The first-order chi connectivity index (χ1) is 14.4. The van der Waals surface area contributed by atoms with Gasteiger partial charge in [0.2, 0.25) is 0 Å². The molecule has 2 aromatic heterocycles. The molecule has 4 N–H and O–H groups in total. The van der Waals surface area contributed by atoms with E-state index in [1.807, 2.05) is 0 Å². The van der Waals surface area contributed by atoms with Crippen molar-refractivity contribution in [2.24, 2.45) is 5.10 Å². The van der Waals surface area contributed by atoms with E-state index >= 15 is 0 Å². The number of carbonyl (C=O) groups excluding carboxylic acids is 1. The highest BCUT2D eigenvalue weighted by molar-refractivity contribution is 5.99. The van der Waals surface area contributed by atoms with Crippen molar-refractivity contribution in [2.45, 2.75) is 6.92 Å². The normalized spacial score (nSPS) is 11.1. The first-order valence-electron chi connectivity index (χ1n) is 8.67. The van der Waals surface area contributed by atoms with Crippen LogP contribution in [-0.2, 0) is 0 Å². The molecular weight excluding hydrogens is 386 g/mol. The van der Waals surface area contributed by atoms with Gasteiger partial charge in [-0.1, -0.05) is 5.92 Å². The van der Waals surface area contributed by atoms with Crippen LogP contribution in [0.5, 0.6) is 17.2 Å². The first-order valence-corrected chi connectivity index (χ1v) is 8.67. The Hall–Kier alpha value is -4.51. The molecule has 150 valence electrons. The Bertz CT molecular complexity index is 1170. The third-order valence-corrected chi connectivity index (χ3v) is 4.09. The number of hydrazone groups is 1. The fraction of sp³-hybridized carbons (Fsp3) is 0.0455. The number of phenolic OH excluding ortho intramolecular Hbond substituents is 3. The molecule has 30 heavy (non-hydrogen) atoms. The Balaban J connectivity index is 1.94. The fourth-order valence-electron chi connectivity index (χ4n) is 2.72. The number of terminal acetylenes is 1. The van der Waals surface area contributed by atoms with Crippen molar-refractivity contribution in [1.82, 2.24) is 10.4 Å². The summed E-state index contributed by atoms with van der Waals surface area (Å²) in [5, 5.41) is 32.7. The first kappa shape index (κ1) is 20.2. The minimum atomic E-state index is -0.570. The molecule has 3 aromatic rings. The number of furan rings is 1. The highest BCUT2D eigenvalue weighted by atomic mass is 16.3. The van der Waals surface area contributed by atoms with Crippen LogP contribution in [0.15, 0.2) is 52.2 Å². The van der Waals surface area contributed by atoms with Crippen LogP contribution < -0.4 is 5.43 Å². The average Bonchev–Trinajstić information content (AvgIpc) is 3.23. The number of hydrogen-bond acceptors (Lipinski definition) is 7. The molecule has 2 heterocycles. The number of rotatable bonds is 5. The molecule has 0 radical (unpaired) electrons. The van der Waals surface area contributed by atoms with Crippen LogP contribution in [0.3, 0.4) is 0 Å². The molecule has 0 saturated heterocycles. The zero-order valence-corrected chi connectivity index (χ0v) is 15.8. The second kappa shape index (κ2) is 8.67. The topological polar surface area (TPSA) is 128 Å². The van der Waals surface area contributed by atoms with Crippen LogP contribution in [0.1, 0.15) is 27.2 Å². The number of amides is 1. The number of benzene rings is 1. The number of nitrogens with one attached hydrogen (secondary N) is 1. The van der Waals surface area contributed by atoms with E-state index in [1.54, 1.807) is 31.2 Å². The Morgan fingerprint density at radius 2 is 1.97 bits per heavy atom. The number of aryl methyl sites for hydroxylation is 1. The van der Waals surface area contributed by atoms with Gasteiger partial charge in [-0.2, -0.15) is 5.10 Å². The van der Waals surface area contributed by atoms with E-state index in [9.17, 15) is 20.1 Å². The van der Waals surface area contributed by atoms with Crippen molar-refractivity contribution in [3.8, 4) is 41.0 Å². The summed E-state index contributed by atoms with van der Waals surface area (Å²) in [6.45, 7) is 1.73. The monoisotopic (exact) mass is 403 g/mol. The molecule has 8 heteroatoms. The van der Waals surface area contributed by atoms with E-state index in [0.29, 0.717) is 22.7 Å². The van der Waals surface area contributed by atoms with Gasteiger partial charge in [-0.25, -0.2) is 10.4 Å². The van der Waals surface area contributed by atoms with Gasteiger partial charge in [0.25, 0.3) is 5.91 Å². The van der Waals surface area contributed by atoms with Gasteiger partial charge in [-0.3, -0.25) is 4.79 Å². The molecule has 0 bridgehead atoms. The minimum Gasteiger partial charge on any atom is -0.508 e. The van der Waals surface area contributed by atoms with Crippen LogP contribution >= 0.6 is 0 Å². The van der Waals surface area contributed by atoms with Gasteiger partial charge < -0.3 is 19.7 Å². The standard InChI is InChI=1S/C22H17N3O5/c1-3-4-6-15-13(2)24-18(21-7-5-8-30-21)11-16(15)22(29)25-23-12-17-19(27)9-14(26)10-20(17)28/h1,4-12,26-28H,2H3,(H,25,29)/b6-4-,23-12+. The summed E-state index contributed by atoms with van der Waals surface area (Å²) in [5.41, 5.74) is 4.03. The summed E-state index contributed by atoms with van der Waals surface area (Å²) in [5.74, 6) is 1.18. The Morgan fingerprint density at radius 3 is 2.60 bits per heavy atom. The van der Waals surface area contributed by atoms with Gasteiger partial charge in [0.1, 0.15) is 22.9 Å². The average molecular weight is 403 g/mol. The van der Waals surface area contributed by atoms with Crippen molar-refractivity contribution in [1.29, 1.82) is 0 Å². The van der Waals surface area contributed by atoms with Crippen molar-refractivity contribution >= 4 is 18.2 Å². The summed E-state index contributed by atoms with van der Waals surface area (Å²) in [4.78, 5) is 17.2. The molecule has 3 rings (SSSR count). The van der Waals surface area contributed by atoms with E-state index in [-0.39, 0.29) is 16.9 Å². The van der Waals surface area contributed by atoms with Crippen LogP contribution in [0.4, 0.5) is 0 Å².